The Labute approximate surface area is 131 Å². The van der Waals surface area contributed by atoms with Crippen molar-refractivity contribution in [3.63, 3.8) is 0 Å². The molecule has 0 aromatic carbocycles. The monoisotopic (exact) mass is 340 g/mol. The highest BCUT2D eigenvalue weighted by molar-refractivity contribution is 7.89. The molecule has 1 amide bonds. The molecule has 0 radical (unpaired) electrons. The summed E-state index contributed by atoms with van der Waals surface area (Å²) in [5.41, 5.74) is 0. The van der Waals surface area contributed by atoms with Gasteiger partial charge in [-0.15, -0.1) is 29.1 Å². The third kappa shape index (κ3) is 3.92. The fourth-order valence-electron chi connectivity index (χ4n) is 1.54. The molecule has 0 aliphatic carbocycles. The fraction of sp³-hybridized carbons (Fsp3) is 0.154. The predicted molar refractivity (Wildman–Crippen MR) is 83.8 cm³/mol. The molecule has 0 aliphatic rings. The lowest BCUT2D eigenvalue weighted by atomic mass is 10.4. The first-order valence-corrected chi connectivity index (χ1v) is 9.10. The molecule has 2 rings (SSSR count). The molecule has 2 N–H and O–H groups in total. The summed E-state index contributed by atoms with van der Waals surface area (Å²) in [4.78, 5) is 12.9. The lowest BCUT2D eigenvalue weighted by Gasteiger charge is -2.06. The maximum Gasteiger partial charge on any atom is 0.263 e. The maximum absolute atomic E-state index is 12.3. The van der Waals surface area contributed by atoms with Crippen molar-refractivity contribution in [3.8, 4) is 12.3 Å². The van der Waals surface area contributed by atoms with Gasteiger partial charge in [0.25, 0.3) is 5.91 Å². The minimum absolute atomic E-state index is 0.0291. The SMILES string of the molecule is C#CCNC(=O)c1sccc1S(=O)(=O)NCc1cccs1. The molecule has 0 aliphatic heterocycles. The Bertz CT molecular complexity index is 755. The Hall–Kier alpha value is -1.66. The average molecular weight is 340 g/mol. The average Bonchev–Trinajstić information content (AvgIpc) is 3.13. The zero-order chi connectivity index (χ0) is 15.3. The Balaban J connectivity index is 2.15. The minimum atomic E-state index is -3.74. The Morgan fingerprint density at radius 3 is 2.76 bits per heavy atom. The van der Waals surface area contributed by atoms with E-state index in [-0.39, 0.29) is 22.9 Å². The highest BCUT2D eigenvalue weighted by Crippen LogP contribution is 2.22. The molecule has 0 saturated carbocycles. The van der Waals surface area contributed by atoms with Gasteiger partial charge in [0.1, 0.15) is 9.77 Å². The first-order valence-electron chi connectivity index (χ1n) is 5.86. The largest absolute Gasteiger partial charge is 0.340 e. The molecule has 0 spiro atoms. The normalized spacial score (nSPS) is 11.0. The molecule has 0 bridgehead atoms. The quantitative estimate of drug-likeness (QED) is 0.785. The van der Waals surface area contributed by atoms with Crippen molar-refractivity contribution in [2.45, 2.75) is 11.4 Å². The van der Waals surface area contributed by atoms with Crippen LogP contribution in [0.5, 0.6) is 0 Å². The van der Waals surface area contributed by atoms with Crippen molar-refractivity contribution in [1.82, 2.24) is 10.0 Å². The van der Waals surface area contributed by atoms with E-state index in [0.717, 1.165) is 16.2 Å². The van der Waals surface area contributed by atoms with Crippen LogP contribution in [-0.2, 0) is 16.6 Å². The standard InChI is InChI=1S/C13H12N2O3S3/c1-2-6-14-13(16)12-11(5-8-20-12)21(17,18)15-9-10-4-3-7-19-10/h1,3-5,7-8,15H,6,9H2,(H,14,16). The summed E-state index contributed by atoms with van der Waals surface area (Å²) < 4.78 is 27.0. The first kappa shape index (κ1) is 15.7. The maximum atomic E-state index is 12.3. The number of amides is 1. The second-order valence-electron chi connectivity index (χ2n) is 3.90. The zero-order valence-corrected chi connectivity index (χ0v) is 13.3. The van der Waals surface area contributed by atoms with Gasteiger partial charge in [-0.2, -0.15) is 0 Å². The van der Waals surface area contributed by atoms with Crippen LogP contribution in [0.1, 0.15) is 14.5 Å². The molecule has 5 nitrogen and oxygen atoms in total. The molecule has 8 heteroatoms. The van der Waals surface area contributed by atoms with Gasteiger partial charge in [0.15, 0.2) is 0 Å². The summed E-state index contributed by atoms with van der Waals surface area (Å²) in [6.45, 7) is 0.250. The number of terminal acetylenes is 1. The topological polar surface area (TPSA) is 75.3 Å². The van der Waals surface area contributed by atoms with Gasteiger partial charge in [-0.05, 0) is 22.9 Å². The zero-order valence-electron chi connectivity index (χ0n) is 10.8. The van der Waals surface area contributed by atoms with Crippen LogP contribution in [-0.4, -0.2) is 20.9 Å². The van der Waals surface area contributed by atoms with Gasteiger partial charge in [-0.1, -0.05) is 12.0 Å². The second-order valence-corrected chi connectivity index (χ2v) is 7.59. The molecule has 2 aromatic heterocycles. The third-order valence-electron chi connectivity index (χ3n) is 2.49. The molecule has 0 saturated heterocycles. The van der Waals surface area contributed by atoms with Crippen molar-refractivity contribution in [2.24, 2.45) is 0 Å². The summed E-state index contributed by atoms with van der Waals surface area (Å²) in [6, 6.07) is 5.09. The molecule has 2 aromatic rings. The number of sulfonamides is 1. The molecule has 0 fully saturated rings. The predicted octanol–water partition coefficient (Wildman–Crippen LogP) is 1.65. The van der Waals surface area contributed by atoms with Gasteiger partial charge in [0.2, 0.25) is 10.0 Å². The molecular weight excluding hydrogens is 328 g/mol. The summed E-state index contributed by atoms with van der Waals surface area (Å²) in [5.74, 6) is 1.78. The van der Waals surface area contributed by atoms with Crippen LogP contribution in [0, 0.1) is 12.3 Å². The van der Waals surface area contributed by atoms with Gasteiger partial charge in [0, 0.05) is 11.4 Å². The number of carbonyl (C=O) groups is 1. The van der Waals surface area contributed by atoms with Crippen LogP contribution >= 0.6 is 22.7 Å². The van der Waals surface area contributed by atoms with E-state index in [9.17, 15) is 13.2 Å². The Morgan fingerprint density at radius 1 is 1.29 bits per heavy atom. The lowest BCUT2D eigenvalue weighted by molar-refractivity contribution is 0.0960. The summed E-state index contributed by atoms with van der Waals surface area (Å²) in [7, 11) is -3.74. The van der Waals surface area contributed by atoms with Crippen molar-refractivity contribution in [3.05, 3.63) is 38.7 Å². The van der Waals surface area contributed by atoms with Gasteiger partial charge >= 0.3 is 0 Å². The first-order chi connectivity index (χ1) is 10.0. The van der Waals surface area contributed by atoms with Crippen LogP contribution < -0.4 is 10.0 Å². The van der Waals surface area contributed by atoms with Crippen molar-refractivity contribution >= 4 is 38.6 Å². The van der Waals surface area contributed by atoms with Gasteiger partial charge in [0.05, 0.1) is 6.54 Å². The molecule has 110 valence electrons. The van der Waals surface area contributed by atoms with E-state index in [4.69, 9.17) is 6.42 Å². The van der Waals surface area contributed by atoms with Crippen LogP contribution in [0.2, 0.25) is 0 Å². The van der Waals surface area contributed by atoms with E-state index in [1.165, 1.54) is 17.4 Å². The van der Waals surface area contributed by atoms with Crippen molar-refractivity contribution in [2.75, 3.05) is 6.54 Å². The van der Waals surface area contributed by atoms with Crippen LogP contribution in [0.15, 0.2) is 33.9 Å². The molecule has 21 heavy (non-hydrogen) atoms. The molecular formula is C13H12N2O3S3. The van der Waals surface area contributed by atoms with Crippen LogP contribution in [0.3, 0.4) is 0 Å². The number of hydrogen-bond acceptors (Lipinski definition) is 5. The van der Waals surface area contributed by atoms with E-state index in [1.54, 1.807) is 5.38 Å². The summed E-state index contributed by atoms with van der Waals surface area (Å²) in [6.07, 6.45) is 5.07. The lowest BCUT2D eigenvalue weighted by Crippen LogP contribution is -2.27. The van der Waals surface area contributed by atoms with E-state index in [1.807, 2.05) is 17.5 Å². The highest BCUT2D eigenvalue weighted by atomic mass is 32.2. The number of nitrogens with one attached hydrogen (secondary N) is 2. The van der Waals surface area contributed by atoms with E-state index in [0.29, 0.717) is 0 Å². The smallest absolute Gasteiger partial charge is 0.263 e. The Morgan fingerprint density at radius 2 is 2.10 bits per heavy atom. The van der Waals surface area contributed by atoms with E-state index >= 15 is 0 Å². The van der Waals surface area contributed by atoms with Gasteiger partial charge in [-0.25, -0.2) is 13.1 Å². The second kappa shape index (κ2) is 6.87. The fourth-order valence-corrected chi connectivity index (χ4v) is 4.63. The summed E-state index contributed by atoms with van der Waals surface area (Å²) >= 11 is 2.52. The Kier molecular flexibility index (Phi) is 5.14. The number of carbonyl (C=O) groups excluding carboxylic acids is 1. The van der Waals surface area contributed by atoms with Crippen LogP contribution in [0.25, 0.3) is 0 Å². The molecule has 2 heterocycles. The minimum Gasteiger partial charge on any atom is -0.340 e. The third-order valence-corrected chi connectivity index (χ3v) is 5.85. The molecule has 0 unspecified atom stereocenters. The van der Waals surface area contributed by atoms with Gasteiger partial charge in [-0.3, -0.25) is 4.79 Å². The van der Waals surface area contributed by atoms with Crippen molar-refractivity contribution < 1.29 is 13.2 Å². The van der Waals surface area contributed by atoms with Gasteiger partial charge < -0.3 is 5.32 Å². The van der Waals surface area contributed by atoms with E-state index < -0.39 is 15.9 Å². The van der Waals surface area contributed by atoms with E-state index in [2.05, 4.69) is 16.0 Å². The van der Waals surface area contributed by atoms with Crippen molar-refractivity contribution in [1.29, 1.82) is 0 Å². The number of thiophene rings is 2. The number of hydrogen-bond donors (Lipinski definition) is 2. The summed E-state index contributed by atoms with van der Waals surface area (Å²) in [5, 5.41) is 5.89. The number of rotatable bonds is 6. The highest BCUT2D eigenvalue weighted by Gasteiger charge is 2.23. The molecule has 0 atom stereocenters. The van der Waals surface area contributed by atoms with Crippen LogP contribution in [0.4, 0.5) is 0 Å².